The van der Waals surface area contributed by atoms with Gasteiger partial charge in [0.05, 0.1) is 5.69 Å². The van der Waals surface area contributed by atoms with Crippen molar-refractivity contribution >= 4 is 35.1 Å². The molecule has 28 heavy (non-hydrogen) atoms. The first kappa shape index (κ1) is 18.8. The predicted molar refractivity (Wildman–Crippen MR) is 110 cm³/mol. The summed E-state index contributed by atoms with van der Waals surface area (Å²) in [6.07, 6.45) is 0. The summed E-state index contributed by atoms with van der Waals surface area (Å²) in [6, 6.07) is 13.0. The summed E-state index contributed by atoms with van der Waals surface area (Å²) in [5, 5.41) is 2.76. The molecule has 1 saturated heterocycles. The molecule has 146 valence electrons. The second kappa shape index (κ2) is 6.51. The molecule has 0 aromatic heterocycles. The lowest BCUT2D eigenvalue weighted by molar-refractivity contribution is -0.123. The number of hydrogen-bond acceptors (Lipinski definition) is 3. The van der Waals surface area contributed by atoms with Crippen molar-refractivity contribution in [3.8, 4) is 0 Å². The van der Waals surface area contributed by atoms with Crippen LogP contribution in [0.15, 0.2) is 48.5 Å². The Morgan fingerprint density at radius 3 is 2.68 bits per heavy atom. The molecule has 2 aliphatic heterocycles. The molecule has 7 heteroatoms. The minimum absolute atomic E-state index is 0.110. The van der Waals surface area contributed by atoms with Gasteiger partial charge in [-0.15, -0.1) is 11.8 Å². The fraction of sp³-hybridized carbons (Fsp3) is 0.333. The highest BCUT2D eigenvalue weighted by Gasteiger charge is 2.63. The Hall–Kier alpha value is -2.54. The van der Waals surface area contributed by atoms with Crippen molar-refractivity contribution < 1.29 is 14.0 Å². The number of hydrogen-bond donors (Lipinski definition) is 1. The number of fused-ring (bicyclic) bond motifs is 2. The molecule has 0 radical (unpaired) electrons. The molecule has 4 rings (SSSR count). The third-order valence-electron chi connectivity index (χ3n) is 5.08. The molecule has 0 saturated carbocycles. The highest BCUT2D eigenvalue weighted by molar-refractivity contribution is 8.02. The number of carbonyl (C=O) groups excluding carboxylic acids is 2. The molecule has 1 fully saturated rings. The van der Waals surface area contributed by atoms with Crippen LogP contribution in [0.2, 0.25) is 0 Å². The van der Waals surface area contributed by atoms with Crippen LogP contribution in [0.1, 0.15) is 26.3 Å². The van der Waals surface area contributed by atoms with Gasteiger partial charge in [0.1, 0.15) is 5.82 Å². The number of carbonyl (C=O) groups is 2. The first-order chi connectivity index (χ1) is 13.3. The quantitative estimate of drug-likeness (QED) is 0.814. The molecule has 1 unspecified atom stereocenters. The molecule has 1 N–H and O–H groups in total. The minimum atomic E-state index is -1.12. The van der Waals surface area contributed by atoms with Crippen molar-refractivity contribution in [1.29, 1.82) is 0 Å². The van der Waals surface area contributed by atoms with Gasteiger partial charge in [0.15, 0.2) is 4.87 Å². The van der Waals surface area contributed by atoms with Crippen LogP contribution < -0.4 is 10.2 Å². The molecule has 2 aromatic carbocycles. The molecule has 2 aliphatic rings. The first-order valence-corrected chi connectivity index (χ1v) is 10.1. The normalized spacial score (nSPS) is 22.6. The number of anilines is 2. The minimum Gasteiger partial charge on any atom is -0.309 e. The number of likely N-dealkylation sites (N-methyl/N-ethyl adjacent to an activating group) is 1. The molecule has 0 bridgehead atoms. The Bertz CT molecular complexity index is 964. The van der Waals surface area contributed by atoms with Crippen molar-refractivity contribution in [3.63, 3.8) is 0 Å². The summed E-state index contributed by atoms with van der Waals surface area (Å²) >= 11 is 1.50. The van der Waals surface area contributed by atoms with E-state index in [1.807, 2.05) is 45.0 Å². The second-order valence-corrected chi connectivity index (χ2v) is 9.50. The van der Waals surface area contributed by atoms with E-state index >= 15 is 0 Å². The van der Waals surface area contributed by atoms with Crippen LogP contribution in [0, 0.1) is 5.82 Å². The molecular formula is C21H22FN3O2S. The first-order valence-electron chi connectivity index (χ1n) is 9.24. The maximum atomic E-state index is 13.6. The summed E-state index contributed by atoms with van der Waals surface area (Å²) in [7, 11) is 0. The monoisotopic (exact) mass is 399 g/mol. The summed E-state index contributed by atoms with van der Waals surface area (Å²) in [6.45, 7) is 6.91. The van der Waals surface area contributed by atoms with Crippen molar-refractivity contribution in [1.82, 2.24) is 4.90 Å². The summed E-state index contributed by atoms with van der Waals surface area (Å²) in [4.78, 5) is 29.0. The van der Waals surface area contributed by atoms with Gasteiger partial charge in [0.25, 0.3) is 5.91 Å². The fourth-order valence-electron chi connectivity index (χ4n) is 4.03. The molecule has 0 aliphatic carbocycles. The number of thioether (sulfide) groups is 1. The zero-order chi connectivity index (χ0) is 20.1. The molecule has 2 heterocycles. The van der Waals surface area contributed by atoms with Crippen LogP contribution in [-0.2, 0) is 9.67 Å². The van der Waals surface area contributed by atoms with E-state index in [9.17, 15) is 14.0 Å². The number of nitrogens with one attached hydrogen (secondary N) is 1. The Balaban J connectivity index is 1.78. The molecule has 2 aromatic rings. The smallest absolute Gasteiger partial charge is 0.309 e. The number of rotatable bonds is 2. The van der Waals surface area contributed by atoms with E-state index < -0.39 is 16.7 Å². The fourth-order valence-corrected chi connectivity index (χ4v) is 5.76. The maximum absolute atomic E-state index is 13.6. The Kier molecular flexibility index (Phi) is 4.38. The van der Waals surface area contributed by atoms with Gasteiger partial charge in [0, 0.05) is 29.1 Å². The van der Waals surface area contributed by atoms with Crippen LogP contribution >= 0.6 is 11.8 Å². The van der Waals surface area contributed by atoms with Gasteiger partial charge in [0.2, 0.25) is 0 Å². The molecule has 1 spiro atoms. The number of halogens is 1. The van der Waals surface area contributed by atoms with Crippen molar-refractivity contribution in [2.24, 2.45) is 0 Å². The standard InChI is InChI=1S/C21H22FN3O2S/c1-4-24-17-11-6-5-10-16(17)21(18(24)26)25(13-20(2,3)28-21)19(27)23-15-9-7-8-14(22)12-15/h5-12H,4,13H2,1-3H3,(H,23,27). The average molecular weight is 399 g/mol. The van der Waals surface area contributed by atoms with Crippen LogP contribution in [0.25, 0.3) is 0 Å². The Labute approximate surface area is 167 Å². The van der Waals surface area contributed by atoms with E-state index in [-0.39, 0.29) is 10.7 Å². The molecule has 3 amide bonds. The van der Waals surface area contributed by atoms with Gasteiger partial charge in [-0.2, -0.15) is 0 Å². The lowest BCUT2D eigenvalue weighted by Crippen LogP contribution is -2.51. The van der Waals surface area contributed by atoms with Gasteiger partial charge >= 0.3 is 6.03 Å². The van der Waals surface area contributed by atoms with Crippen LogP contribution in [0.4, 0.5) is 20.6 Å². The van der Waals surface area contributed by atoms with E-state index in [0.29, 0.717) is 18.8 Å². The van der Waals surface area contributed by atoms with E-state index in [0.717, 1.165) is 11.3 Å². The van der Waals surface area contributed by atoms with Gasteiger partial charge in [-0.25, -0.2) is 9.18 Å². The molecule has 5 nitrogen and oxygen atoms in total. The number of nitrogens with zero attached hydrogens (tertiary/aromatic N) is 2. The van der Waals surface area contributed by atoms with E-state index in [1.165, 1.54) is 30.0 Å². The average Bonchev–Trinajstić information content (AvgIpc) is 3.07. The van der Waals surface area contributed by atoms with Crippen molar-refractivity contribution in [2.75, 3.05) is 23.3 Å². The molecule has 1 atom stereocenters. The van der Waals surface area contributed by atoms with Gasteiger partial charge in [-0.1, -0.05) is 24.3 Å². The SMILES string of the molecule is CCN1C(=O)C2(SC(C)(C)CN2C(=O)Nc2cccc(F)c2)c2ccccc21. The summed E-state index contributed by atoms with van der Waals surface area (Å²) in [5.41, 5.74) is 2.02. The van der Waals surface area contributed by atoms with Crippen LogP contribution in [0.3, 0.4) is 0 Å². The predicted octanol–water partition coefficient (Wildman–Crippen LogP) is 4.40. The number of para-hydroxylation sites is 1. The summed E-state index contributed by atoms with van der Waals surface area (Å²) in [5.74, 6) is -0.538. The second-order valence-electron chi connectivity index (χ2n) is 7.60. The van der Waals surface area contributed by atoms with E-state index in [4.69, 9.17) is 0 Å². The molecular weight excluding hydrogens is 377 g/mol. The number of amides is 3. The number of benzene rings is 2. The summed E-state index contributed by atoms with van der Waals surface area (Å²) < 4.78 is 13.2. The largest absolute Gasteiger partial charge is 0.323 e. The highest BCUT2D eigenvalue weighted by Crippen LogP contribution is 2.59. The zero-order valence-electron chi connectivity index (χ0n) is 16.0. The number of urea groups is 1. The van der Waals surface area contributed by atoms with E-state index in [1.54, 1.807) is 15.9 Å². The third kappa shape index (κ3) is 2.76. The van der Waals surface area contributed by atoms with E-state index in [2.05, 4.69) is 5.32 Å². The van der Waals surface area contributed by atoms with Crippen LogP contribution in [-0.4, -0.2) is 34.7 Å². The van der Waals surface area contributed by atoms with Crippen LogP contribution in [0.5, 0.6) is 0 Å². The third-order valence-corrected chi connectivity index (χ3v) is 6.67. The topological polar surface area (TPSA) is 52.7 Å². The lowest BCUT2D eigenvalue weighted by atomic mass is 10.1. The lowest BCUT2D eigenvalue weighted by Gasteiger charge is -2.33. The van der Waals surface area contributed by atoms with Crippen molar-refractivity contribution in [2.45, 2.75) is 30.4 Å². The Morgan fingerprint density at radius 2 is 1.96 bits per heavy atom. The maximum Gasteiger partial charge on any atom is 0.323 e. The Morgan fingerprint density at radius 1 is 1.21 bits per heavy atom. The van der Waals surface area contributed by atoms with Gasteiger partial charge in [-0.3, -0.25) is 9.69 Å². The van der Waals surface area contributed by atoms with Crippen molar-refractivity contribution in [3.05, 3.63) is 59.9 Å². The van der Waals surface area contributed by atoms with Gasteiger partial charge in [-0.05, 0) is 45.0 Å². The zero-order valence-corrected chi connectivity index (χ0v) is 16.8. The van der Waals surface area contributed by atoms with Gasteiger partial charge < -0.3 is 10.2 Å². The highest BCUT2D eigenvalue weighted by atomic mass is 32.2.